The van der Waals surface area contributed by atoms with E-state index in [0.29, 0.717) is 0 Å². The average molecular weight is 457 g/mol. The number of allylic oxidation sites excluding steroid dienone is 4. The second-order valence-electron chi connectivity index (χ2n) is 9.60. The van der Waals surface area contributed by atoms with Gasteiger partial charge in [0.25, 0.3) is 0 Å². The summed E-state index contributed by atoms with van der Waals surface area (Å²) in [7, 11) is 0. The maximum atomic E-state index is 14.2. The van der Waals surface area contributed by atoms with Crippen molar-refractivity contribution in [1.29, 1.82) is 0 Å². The molecule has 0 saturated carbocycles. The summed E-state index contributed by atoms with van der Waals surface area (Å²) in [5.41, 5.74) is 8.03. The number of rotatable bonds is 2. The maximum Gasteiger partial charge on any atom is 0.195 e. The molecule has 0 radical (unpaired) electrons. The maximum absolute atomic E-state index is 14.2. The predicted octanol–water partition coefficient (Wildman–Crippen LogP) is 8.56. The van der Waals surface area contributed by atoms with Gasteiger partial charge in [-0.3, -0.25) is 4.79 Å². The van der Waals surface area contributed by atoms with Crippen molar-refractivity contribution in [2.75, 3.05) is 0 Å². The highest BCUT2D eigenvalue weighted by Gasteiger charge is 2.40. The van der Waals surface area contributed by atoms with Gasteiger partial charge in [-0.25, -0.2) is 0 Å². The summed E-state index contributed by atoms with van der Waals surface area (Å²) < 4.78 is 0. The normalized spacial score (nSPS) is 14.5. The van der Waals surface area contributed by atoms with Crippen molar-refractivity contribution in [1.82, 2.24) is 0 Å². The third-order valence-corrected chi connectivity index (χ3v) is 7.75. The second-order valence-corrected chi connectivity index (χ2v) is 9.60. The molecule has 0 unspecified atom stereocenters. The summed E-state index contributed by atoms with van der Waals surface area (Å²) in [6, 6.07) is 42.2. The molecule has 1 heteroatoms. The van der Waals surface area contributed by atoms with Crippen molar-refractivity contribution < 1.29 is 4.79 Å². The topological polar surface area (TPSA) is 17.1 Å². The van der Waals surface area contributed by atoms with E-state index in [1.54, 1.807) is 0 Å². The van der Waals surface area contributed by atoms with E-state index in [2.05, 4.69) is 84.9 Å². The van der Waals surface area contributed by atoms with E-state index in [9.17, 15) is 4.79 Å². The van der Waals surface area contributed by atoms with Crippen LogP contribution in [-0.4, -0.2) is 5.78 Å². The lowest BCUT2D eigenvalue weighted by Crippen LogP contribution is -2.02. The van der Waals surface area contributed by atoms with E-state index in [1.165, 1.54) is 32.3 Å². The first-order valence-electron chi connectivity index (χ1n) is 12.3. The van der Waals surface area contributed by atoms with Crippen molar-refractivity contribution in [3.05, 3.63) is 144 Å². The van der Waals surface area contributed by atoms with Crippen molar-refractivity contribution >= 4 is 60.4 Å². The Labute approximate surface area is 208 Å². The van der Waals surface area contributed by atoms with Crippen LogP contribution < -0.4 is 0 Å². The number of benzene rings is 6. The van der Waals surface area contributed by atoms with Gasteiger partial charge in [0.05, 0.1) is 0 Å². The van der Waals surface area contributed by atoms with E-state index in [0.717, 1.165) is 44.5 Å². The Kier molecular flexibility index (Phi) is 3.87. The Morgan fingerprint density at radius 3 is 1.72 bits per heavy atom. The summed E-state index contributed by atoms with van der Waals surface area (Å²) >= 11 is 0. The molecular weight excluding hydrogens is 436 g/mol. The van der Waals surface area contributed by atoms with Crippen LogP contribution in [0.1, 0.15) is 22.3 Å². The van der Waals surface area contributed by atoms with Gasteiger partial charge < -0.3 is 0 Å². The molecule has 0 spiro atoms. The zero-order valence-corrected chi connectivity index (χ0v) is 19.5. The van der Waals surface area contributed by atoms with Crippen LogP contribution in [0.3, 0.4) is 0 Å². The van der Waals surface area contributed by atoms with Crippen LogP contribution in [0.4, 0.5) is 0 Å². The van der Waals surface area contributed by atoms with Gasteiger partial charge in [0.1, 0.15) is 0 Å². The Hall–Kier alpha value is -4.75. The third kappa shape index (κ3) is 2.47. The SMILES string of the molecule is O=C1C(c2ccccc2)=C2C(=C1c1ccccc1)c1cc3c4ccccc4ccc3c3cccc2c13. The summed E-state index contributed by atoms with van der Waals surface area (Å²) in [6.45, 7) is 0. The minimum atomic E-state index is 0.109. The molecule has 2 aliphatic carbocycles. The van der Waals surface area contributed by atoms with Gasteiger partial charge in [-0.05, 0) is 60.6 Å². The van der Waals surface area contributed by atoms with Crippen molar-refractivity contribution in [3.8, 4) is 0 Å². The van der Waals surface area contributed by atoms with E-state index in [1.807, 2.05) is 36.4 Å². The molecule has 0 heterocycles. The number of Topliss-reactive ketones (excluding diaryl/α,β-unsaturated/α-hetero) is 1. The van der Waals surface area contributed by atoms with Gasteiger partial charge in [-0.15, -0.1) is 0 Å². The predicted molar refractivity (Wildman–Crippen MR) is 150 cm³/mol. The molecule has 0 atom stereocenters. The highest BCUT2D eigenvalue weighted by atomic mass is 16.1. The first-order chi connectivity index (χ1) is 17.8. The molecule has 0 aliphatic heterocycles. The Balaban J connectivity index is 1.58. The van der Waals surface area contributed by atoms with Crippen LogP contribution in [0.15, 0.2) is 121 Å². The Morgan fingerprint density at radius 1 is 0.389 bits per heavy atom. The number of ketones is 1. The molecule has 166 valence electrons. The van der Waals surface area contributed by atoms with E-state index >= 15 is 0 Å². The minimum Gasteiger partial charge on any atom is -0.289 e. The number of carbonyl (C=O) groups excluding carboxylic acids is 1. The van der Waals surface area contributed by atoms with Gasteiger partial charge in [0.15, 0.2) is 5.78 Å². The Bertz CT molecular complexity index is 1970. The standard InChI is InChI=1S/C35H20O/c36-35-30(22-11-3-1-4-12-22)33-27-17-9-16-26-25-19-18-21-10-7-8-15-24(21)28(25)20-29(32(26)27)34(33)31(35)23-13-5-2-6-14-23/h1-20H. The first kappa shape index (κ1) is 19.5. The smallest absolute Gasteiger partial charge is 0.195 e. The summed E-state index contributed by atoms with van der Waals surface area (Å²) in [5, 5.41) is 7.45. The lowest BCUT2D eigenvalue weighted by atomic mass is 9.90. The van der Waals surface area contributed by atoms with E-state index in [4.69, 9.17) is 0 Å². The van der Waals surface area contributed by atoms with Crippen LogP contribution in [0.2, 0.25) is 0 Å². The van der Waals surface area contributed by atoms with E-state index < -0.39 is 0 Å². The molecule has 2 aliphatic rings. The van der Waals surface area contributed by atoms with E-state index in [-0.39, 0.29) is 5.78 Å². The second kappa shape index (κ2) is 7.13. The average Bonchev–Trinajstić information content (AvgIpc) is 3.42. The van der Waals surface area contributed by atoms with Crippen LogP contribution in [0.5, 0.6) is 0 Å². The molecule has 8 rings (SSSR count). The molecule has 1 nitrogen and oxygen atoms in total. The van der Waals surface area contributed by atoms with Crippen LogP contribution in [0.25, 0.3) is 54.6 Å². The highest BCUT2D eigenvalue weighted by Crippen LogP contribution is 2.57. The summed E-state index contributed by atoms with van der Waals surface area (Å²) in [5.74, 6) is 0.109. The fraction of sp³-hybridized carbons (Fsp3) is 0. The minimum absolute atomic E-state index is 0.109. The highest BCUT2D eigenvalue weighted by molar-refractivity contribution is 6.61. The molecule has 36 heavy (non-hydrogen) atoms. The zero-order chi connectivity index (χ0) is 23.8. The van der Waals surface area contributed by atoms with Gasteiger partial charge in [0, 0.05) is 22.3 Å². The summed E-state index contributed by atoms with van der Waals surface area (Å²) in [6.07, 6.45) is 0. The number of hydrogen-bond donors (Lipinski definition) is 0. The molecule has 0 saturated heterocycles. The molecule has 0 N–H and O–H groups in total. The first-order valence-corrected chi connectivity index (χ1v) is 12.3. The monoisotopic (exact) mass is 456 g/mol. The van der Waals surface area contributed by atoms with Crippen LogP contribution in [-0.2, 0) is 4.79 Å². The molecule has 0 aromatic heterocycles. The van der Waals surface area contributed by atoms with Gasteiger partial charge >= 0.3 is 0 Å². The molecule has 0 amide bonds. The fourth-order valence-corrected chi connectivity index (χ4v) is 6.28. The lowest BCUT2D eigenvalue weighted by Gasteiger charge is -2.12. The molecule has 0 fully saturated rings. The third-order valence-electron chi connectivity index (χ3n) is 7.75. The van der Waals surface area contributed by atoms with Crippen molar-refractivity contribution in [2.45, 2.75) is 0 Å². The number of hydrogen-bond acceptors (Lipinski definition) is 1. The quantitative estimate of drug-likeness (QED) is 0.239. The van der Waals surface area contributed by atoms with Crippen LogP contribution in [0, 0.1) is 0 Å². The number of carbonyl (C=O) groups is 1. The largest absolute Gasteiger partial charge is 0.289 e. The van der Waals surface area contributed by atoms with Crippen molar-refractivity contribution in [3.63, 3.8) is 0 Å². The fourth-order valence-electron chi connectivity index (χ4n) is 6.28. The molecule has 6 aromatic carbocycles. The molecular formula is C35H20O. The molecule has 0 bridgehead atoms. The van der Waals surface area contributed by atoms with Gasteiger partial charge in [-0.2, -0.15) is 0 Å². The lowest BCUT2D eigenvalue weighted by molar-refractivity contribution is -0.108. The van der Waals surface area contributed by atoms with Crippen LogP contribution >= 0.6 is 0 Å². The van der Waals surface area contributed by atoms with Gasteiger partial charge in [0.2, 0.25) is 0 Å². The molecule has 6 aromatic rings. The number of fused-ring (bicyclic) bond motifs is 7. The van der Waals surface area contributed by atoms with Crippen molar-refractivity contribution in [2.24, 2.45) is 0 Å². The Morgan fingerprint density at radius 2 is 1.00 bits per heavy atom. The zero-order valence-electron chi connectivity index (χ0n) is 19.5. The van der Waals surface area contributed by atoms with Gasteiger partial charge in [-0.1, -0.05) is 115 Å². The summed E-state index contributed by atoms with van der Waals surface area (Å²) in [4.78, 5) is 14.2.